The molecule has 0 radical (unpaired) electrons. The second-order valence-corrected chi connectivity index (χ2v) is 6.68. The Morgan fingerprint density at radius 1 is 1.11 bits per heavy atom. The summed E-state index contributed by atoms with van der Waals surface area (Å²) < 4.78 is 5.65. The first kappa shape index (κ1) is 19.4. The molecule has 146 valence electrons. The minimum absolute atomic E-state index is 0.0500. The number of aliphatic carboxylic acids is 1. The highest BCUT2D eigenvalue weighted by molar-refractivity contribution is 5.99. The van der Waals surface area contributed by atoms with E-state index < -0.39 is 12.1 Å². The van der Waals surface area contributed by atoms with Crippen LogP contribution in [-0.4, -0.2) is 35.0 Å². The minimum Gasteiger partial charge on any atom is -0.481 e. The van der Waals surface area contributed by atoms with Gasteiger partial charge in [-0.1, -0.05) is 42.5 Å². The van der Waals surface area contributed by atoms with Gasteiger partial charge < -0.3 is 20.5 Å². The quantitative estimate of drug-likeness (QED) is 0.650. The van der Waals surface area contributed by atoms with E-state index in [1.165, 1.54) is 0 Å². The van der Waals surface area contributed by atoms with Crippen molar-refractivity contribution in [1.82, 2.24) is 5.32 Å². The van der Waals surface area contributed by atoms with Gasteiger partial charge in [-0.3, -0.25) is 14.4 Å². The Morgan fingerprint density at radius 2 is 1.82 bits per heavy atom. The average Bonchev–Trinajstić information content (AvgIpc) is 2.67. The van der Waals surface area contributed by atoms with Crippen molar-refractivity contribution in [2.24, 2.45) is 0 Å². The van der Waals surface area contributed by atoms with Gasteiger partial charge in [0.15, 0.2) is 6.10 Å². The normalized spacial score (nSPS) is 16.3. The number of carbonyl (C=O) groups excluding carboxylic acids is 2. The predicted octanol–water partition coefficient (Wildman–Crippen LogP) is 2.37. The van der Waals surface area contributed by atoms with Gasteiger partial charge >= 0.3 is 5.97 Å². The van der Waals surface area contributed by atoms with Gasteiger partial charge in [0.1, 0.15) is 5.75 Å². The van der Waals surface area contributed by atoms with Crippen molar-refractivity contribution in [1.29, 1.82) is 0 Å². The minimum atomic E-state index is -0.924. The summed E-state index contributed by atoms with van der Waals surface area (Å²) in [6.07, 6.45) is -0.298. The lowest BCUT2D eigenvalue weighted by Crippen LogP contribution is -2.44. The number of amides is 2. The molecule has 7 heteroatoms. The third-order valence-electron chi connectivity index (χ3n) is 4.47. The monoisotopic (exact) mass is 382 g/mol. The summed E-state index contributed by atoms with van der Waals surface area (Å²) in [6.45, 7) is 0. The van der Waals surface area contributed by atoms with Gasteiger partial charge in [-0.2, -0.15) is 0 Å². The summed E-state index contributed by atoms with van der Waals surface area (Å²) in [7, 11) is 0. The number of fused-ring (bicyclic) bond motifs is 1. The summed E-state index contributed by atoms with van der Waals surface area (Å²) in [5.41, 5.74) is 1.58. The van der Waals surface area contributed by atoms with Crippen molar-refractivity contribution in [3.63, 3.8) is 0 Å². The van der Waals surface area contributed by atoms with Crippen LogP contribution in [0.1, 0.15) is 24.8 Å². The van der Waals surface area contributed by atoms with Crippen molar-refractivity contribution in [2.75, 3.05) is 5.32 Å². The molecule has 1 heterocycles. The molecule has 0 saturated heterocycles. The molecule has 7 nitrogen and oxygen atoms in total. The first-order valence-corrected chi connectivity index (χ1v) is 9.13. The molecule has 2 aromatic rings. The number of nitrogens with one attached hydrogen (secondary N) is 2. The van der Waals surface area contributed by atoms with E-state index in [1.807, 2.05) is 30.3 Å². The smallest absolute Gasteiger partial charge is 0.303 e. The summed E-state index contributed by atoms with van der Waals surface area (Å²) in [6, 6.07) is 16.2. The van der Waals surface area contributed by atoms with Crippen molar-refractivity contribution >= 4 is 23.5 Å². The van der Waals surface area contributed by atoms with Crippen molar-refractivity contribution in [3.8, 4) is 5.75 Å². The van der Waals surface area contributed by atoms with Crippen LogP contribution in [0.4, 0.5) is 5.69 Å². The Balaban J connectivity index is 1.61. The highest BCUT2D eigenvalue weighted by atomic mass is 16.5. The second-order valence-electron chi connectivity index (χ2n) is 6.68. The number of carboxylic acid groups (broad SMARTS) is 1. The van der Waals surface area contributed by atoms with Gasteiger partial charge in [-0.15, -0.1) is 0 Å². The molecule has 0 fully saturated rings. The molecule has 0 spiro atoms. The van der Waals surface area contributed by atoms with Crippen molar-refractivity contribution < 1.29 is 24.2 Å². The molecule has 1 aliphatic heterocycles. The van der Waals surface area contributed by atoms with Gasteiger partial charge in [0, 0.05) is 12.5 Å². The third-order valence-corrected chi connectivity index (χ3v) is 4.47. The topological polar surface area (TPSA) is 105 Å². The van der Waals surface area contributed by atoms with Gasteiger partial charge in [-0.05, 0) is 30.5 Å². The number of rotatable bonds is 8. The maximum Gasteiger partial charge on any atom is 0.303 e. The Bertz CT molecular complexity index is 853. The number of benzene rings is 2. The maximum absolute atomic E-state index is 12.5. The number of para-hydroxylation sites is 2. The molecule has 0 aromatic heterocycles. The number of carboxylic acids is 1. The molecule has 3 N–H and O–H groups in total. The number of hydrogen-bond donors (Lipinski definition) is 3. The fraction of sp³-hybridized carbons (Fsp3) is 0.286. The number of hydrogen-bond acceptors (Lipinski definition) is 4. The Hall–Kier alpha value is -3.35. The lowest BCUT2D eigenvalue weighted by molar-refractivity contribution is -0.137. The molecule has 0 bridgehead atoms. The third kappa shape index (κ3) is 5.33. The van der Waals surface area contributed by atoms with Gasteiger partial charge in [0.25, 0.3) is 5.91 Å². The standard InChI is InChI=1S/C21H22N2O5/c24-19(13-18-21(27)23-16-8-4-5-9-17(16)28-18)22-15(10-11-20(25)26)12-14-6-2-1-3-7-14/h1-9,15,18H,10-13H2,(H,22,24)(H,23,27)(H,25,26). The second kappa shape index (κ2) is 9.03. The van der Waals surface area contributed by atoms with Crippen LogP contribution in [-0.2, 0) is 20.8 Å². The van der Waals surface area contributed by atoms with Crippen LogP contribution in [0.3, 0.4) is 0 Å². The number of anilines is 1. The molecule has 1 aliphatic rings. The van der Waals surface area contributed by atoms with Crippen LogP contribution in [0, 0.1) is 0 Å². The molecule has 0 saturated carbocycles. The van der Waals surface area contributed by atoms with E-state index >= 15 is 0 Å². The fourth-order valence-corrected chi connectivity index (χ4v) is 3.10. The van der Waals surface area contributed by atoms with E-state index in [4.69, 9.17) is 9.84 Å². The Kier molecular flexibility index (Phi) is 6.26. The molecule has 3 rings (SSSR count). The van der Waals surface area contributed by atoms with E-state index in [0.29, 0.717) is 24.3 Å². The Labute approximate surface area is 162 Å². The van der Waals surface area contributed by atoms with Crippen LogP contribution >= 0.6 is 0 Å². The van der Waals surface area contributed by atoms with E-state index in [-0.39, 0.29) is 30.7 Å². The van der Waals surface area contributed by atoms with Crippen molar-refractivity contribution in [2.45, 2.75) is 37.8 Å². The predicted molar refractivity (Wildman–Crippen MR) is 103 cm³/mol. The van der Waals surface area contributed by atoms with Crippen LogP contribution < -0.4 is 15.4 Å². The summed E-state index contributed by atoms with van der Waals surface area (Å²) in [4.78, 5) is 35.6. The van der Waals surface area contributed by atoms with Crippen LogP contribution in [0.25, 0.3) is 0 Å². The average molecular weight is 382 g/mol. The fourth-order valence-electron chi connectivity index (χ4n) is 3.10. The van der Waals surface area contributed by atoms with Gasteiger partial charge in [0.2, 0.25) is 5.91 Å². The van der Waals surface area contributed by atoms with E-state index in [0.717, 1.165) is 5.56 Å². The summed E-state index contributed by atoms with van der Waals surface area (Å²) in [5, 5.41) is 14.5. The molecule has 0 aliphatic carbocycles. The zero-order chi connectivity index (χ0) is 19.9. The highest BCUT2D eigenvalue weighted by Crippen LogP contribution is 2.29. The lowest BCUT2D eigenvalue weighted by atomic mass is 10.0. The SMILES string of the molecule is O=C(O)CCC(Cc1ccccc1)NC(=O)CC1Oc2ccccc2NC1=O. The highest BCUT2D eigenvalue weighted by Gasteiger charge is 2.30. The summed E-state index contributed by atoms with van der Waals surface area (Å²) >= 11 is 0. The zero-order valence-corrected chi connectivity index (χ0v) is 15.3. The van der Waals surface area contributed by atoms with E-state index in [2.05, 4.69) is 10.6 Å². The zero-order valence-electron chi connectivity index (χ0n) is 15.3. The first-order valence-electron chi connectivity index (χ1n) is 9.13. The van der Waals surface area contributed by atoms with Crippen LogP contribution in [0.5, 0.6) is 5.75 Å². The number of ether oxygens (including phenoxy) is 1. The molecule has 28 heavy (non-hydrogen) atoms. The van der Waals surface area contributed by atoms with Crippen molar-refractivity contribution in [3.05, 3.63) is 60.2 Å². The molecule has 2 aromatic carbocycles. The van der Waals surface area contributed by atoms with Crippen LogP contribution in [0.15, 0.2) is 54.6 Å². The van der Waals surface area contributed by atoms with E-state index in [1.54, 1.807) is 24.3 Å². The summed E-state index contributed by atoms with van der Waals surface area (Å²) in [5.74, 6) is -1.13. The molecule has 2 atom stereocenters. The van der Waals surface area contributed by atoms with Crippen LogP contribution in [0.2, 0.25) is 0 Å². The molecular formula is C21H22N2O5. The molecule has 2 amide bonds. The first-order chi connectivity index (χ1) is 13.5. The molecule has 2 unspecified atom stereocenters. The lowest BCUT2D eigenvalue weighted by Gasteiger charge is -2.26. The number of carbonyl (C=O) groups is 3. The van der Waals surface area contributed by atoms with Gasteiger partial charge in [-0.25, -0.2) is 0 Å². The van der Waals surface area contributed by atoms with Gasteiger partial charge in [0.05, 0.1) is 12.1 Å². The largest absolute Gasteiger partial charge is 0.481 e. The van der Waals surface area contributed by atoms with E-state index in [9.17, 15) is 14.4 Å². The maximum atomic E-state index is 12.5. The molecular weight excluding hydrogens is 360 g/mol. The Morgan fingerprint density at radius 3 is 2.57 bits per heavy atom.